The van der Waals surface area contributed by atoms with Crippen molar-refractivity contribution in [2.24, 2.45) is 0 Å². The number of alkyl halides is 13. The van der Waals surface area contributed by atoms with E-state index in [-0.39, 0.29) is 0 Å². The van der Waals surface area contributed by atoms with Crippen molar-refractivity contribution in [2.75, 3.05) is 0 Å². The van der Waals surface area contributed by atoms with Gasteiger partial charge in [0.1, 0.15) is 5.75 Å². The maximum Gasteiger partial charge on any atom is 0.460 e. The first-order valence-electron chi connectivity index (χ1n) is 7.96. The number of hydrogen-bond donors (Lipinski definition) is 1. The summed E-state index contributed by atoms with van der Waals surface area (Å²) in [5, 5.41) is 9.71. The molecule has 0 saturated heterocycles. The predicted octanol–water partition coefficient (Wildman–Crippen LogP) is 5.77. The van der Waals surface area contributed by atoms with Crippen molar-refractivity contribution in [3.63, 3.8) is 0 Å². The second kappa shape index (κ2) is 8.26. The Morgan fingerprint density at radius 1 is 0.812 bits per heavy atom. The minimum absolute atomic E-state index is 0.668. The molecule has 1 aromatic rings. The lowest BCUT2D eigenvalue weighted by Gasteiger charge is -2.40. The summed E-state index contributed by atoms with van der Waals surface area (Å²) in [4.78, 5) is 10.9. The van der Waals surface area contributed by atoms with Crippen LogP contribution < -0.4 is 4.74 Å². The molecule has 0 heterocycles. The highest BCUT2D eigenvalue weighted by molar-refractivity contribution is 5.69. The van der Waals surface area contributed by atoms with Gasteiger partial charge in [-0.25, -0.2) is 0 Å². The van der Waals surface area contributed by atoms with Gasteiger partial charge in [0.25, 0.3) is 0 Å². The van der Waals surface area contributed by atoms with E-state index in [1.54, 1.807) is 0 Å². The van der Waals surface area contributed by atoms with Crippen LogP contribution in [0.3, 0.4) is 0 Å². The molecule has 0 bridgehead atoms. The number of aliphatic hydroxyl groups is 1. The molecule has 0 aliphatic rings. The first-order valence-corrected chi connectivity index (χ1v) is 7.96. The van der Waals surface area contributed by atoms with Gasteiger partial charge in [-0.15, -0.1) is 0 Å². The van der Waals surface area contributed by atoms with Gasteiger partial charge in [0.2, 0.25) is 0 Å². The molecule has 16 heteroatoms. The van der Waals surface area contributed by atoms with Gasteiger partial charge in [0, 0.05) is 18.9 Å². The lowest BCUT2D eigenvalue weighted by Crippen LogP contribution is -2.70. The van der Waals surface area contributed by atoms with Gasteiger partial charge in [0.05, 0.1) is 6.10 Å². The smallest absolute Gasteiger partial charge is 0.426 e. The lowest BCUT2D eigenvalue weighted by molar-refractivity contribution is -0.440. The number of para-hydroxylation sites is 1. The van der Waals surface area contributed by atoms with Crippen molar-refractivity contribution < 1.29 is 71.7 Å². The monoisotopic (exact) mass is 498 g/mol. The maximum atomic E-state index is 13.9. The summed E-state index contributed by atoms with van der Waals surface area (Å²) < 4.78 is 175. The summed E-state index contributed by atoms with van der Waals surface area (Å²) in [6.07, 6.45) is -13.3. The molecule has 32 heavy (non-hydrogen) atoms. The Morgan fingerprint density at radius 2 is 1.25 bits per heavy atom. The Bertz CT molecular complexity index is 833. The number of aliphatic hydroxyl groups excluding tert-OH is 1. The molecule has 1 atom stereocenters. The van der Waals surface area contributed by atoms with E-state index in [0.29, 0.717) is 6.07 Å². The van der Waals surface area contributed by atoms with Crippen LogP contribution >= 0.6 is 0 Å². The quantitative estimate of drug-likeness (QED) is 0.281. The highest BCUT2D eigenvalue weighted by Gasteiger charge is 2.90. The van der Waals surface area contributed by atoms with Crippen LogP contribution in [0.2, 0.25) is 0 Å². The second-order valence-corrected chi connectivity index (χ2v) is 6.35. The lowest BCUT2D eigenvalue weighted by atomic mass is 9.90. The van der Waals surface area contributed by atoms with Crippen LogP contribution in [0.15, 0.2) is 24.3 Å². The largest absolute Gasteiger partial charge is 0.460 e. The molecule has 0 saturated carbocycles. The van der Waals surface area contributed by atoms with E-state index in [1.807, 2.05) is 0 Å². The van der Waals surface area contributed by atoms with Crippen LogP contribution in [0.5, 0.6) is 5.75 Å². The van der Waals surface area contributed by atoms with Crippen LogP contribution in [0.25, 0.3) is 0 Å². The molecule has 0 aliphatic carbocycles. The number of ether oxygens (including phenoxy) is 1. The van der Waals surface area contributed by atoms with Crippen molar-refractivity contribution >= 4 is 5.97 Å². The predicted molar refractivity (Wildman–Crippen MR) is 78.1 cm³/mol. The molecule has 0 radical (unpaired) electrons. The van der Waals surface area contributed by atoms with E-state index in [9.17, 15) is 67.0 Å². The molecular formula is C16H11F13O3. The third-order valence-corrected chi connectivity index (χ3v) is 3.98. The molecule has 0 spiro atoms. The zero-order valence-corrected chi connectivity index (χ0v) is 15.3. The molecule has 3 nitrogen and oxygen atoms in total. The van der Waals surface area contributed by atoms with Gasteiger partial charge in [-0.1, -0.05) is 18.2 Å². The first kappa shape index (κ1) is 27.8. The maximum absolute atomic E-state index is 13.9. The number of halogens is 13. The minimum Gasteiger partial charge on any atom is -0.426 e. The first-order chi connectivity index (χ1) is 14.0. The van der Waals surface area contributed by atoms with Crippen LogP contribution in [0, 0.1) is 0 Å². The number of carbonyl (C=O) groups is 1. The number of rotatable bonds is 8. The van der Waals surface area contributed by atoms with E-state index in [2.05, 4.69) is 4.74 Å². The Morgan fingerprint density at radius 3 is 1.69 bits per heavy atom. The number of benzene rings is 1. The average Bonchev–Trinajstić information content (AvgIpc) is 2.59. The molecule has 1 aromatic carbocycles. The molecule has 1 rings (SSSR count). The van der Waals surface area contributed by atoms with E-state index in [1.165, 1.54) is 0 Å². The van der Waals surface area contributed by atoms with E-state index in [0.717, 1.165) is 25.1 Å². The molecule has 0 fully saturated rings. The second-order valence-electron chi connectivity index (χ2n) is 6.35. The molecule has 1 unspecified atom stereocenters. The van der Waals surface area contributed by atoms with E-state index < -0.39 is 65.6 Å². The third-order valence-electron chi connectivity index (χ3n) is 3.98. The summed E-state index contributed by atoms with van der Waals surface area (Å²) in [6.45, 7) is 0.773. The van der Waals surface area contributed by atoms with Crippen molar-refractivity contribution in [3.8, 4) is 5.75 Å². The molecule has 0 amide bonds. The Balaban J connectivity index is 3.40. The molecule has 184 valence electrons. The Kier molecular flexibility index (Phi) is 7.17. The van der Waals surface area contributed by atoms with Gasteiger partial charge in [-0.05, 0) is 6.07 Å². The van der Waals surface area contributed by atoms with Crippen molar-refractivity contribution in [3.05, 3.63) is 29.8 Å². The number of esters is 1. The summed E-state index contributed by atoms with van der Waals surface area (Å²) in [5.74, 6) is -39.7. The minimum atomic E-state index is -8.02. The molecular weight excluding hydrogens is 487 g/mol. The van der Waals surface area contributed by atoms with Crippen LogP contribution in [-0.2, 0) is 4.79 Å². The van der Waals surface area contributed by atoms with Crippen molar-refractivity contribution in [2.45, 2.75) is 55.2 Å². The van der Waals surface area contributed by atoms with Crippen LogP contribution in [-0.4, -0.2) is 46.9 Å². The SMILES string of the molecule is CC(=O)Oc1ccccc1C(O)CC(F)(F)C(F)(F)C(F)(F)C(F)(F)C(F)(F)C(F)(F)F. The van der Waals surface area contributed by atoms with E-state index in [4.69, 9.17) is 0 Å². The normalized spacial score (nSPS) is 15.5. The van der Waals surface area contributed by atoms with Crippen molar-refractivity contribution in [1.82, 2.24) is 0 Å². The summed E-state index contributed by atoms with van der Waals surface area (Å²) in [6, 6.07) is 3.52. The molecule has 0 aliphatic heterocycles. The topological polar surface area (TPSA) is 46.5 Å². The third kappa shape index (κ3) is 4.45. The summed E-state index contributed by atoms with van der Waals surface area (Å²) in [5.41, 5.74) is -0.908. The fourth-order valence-electron chi connectivity index (χ4n) is 2.29. The summed E-state index contributed by atoms with van der Waals surface area (Å²) in [7, 11) is 0. The van der Waals surface area contributed by atoms with E-state index >= 15 is 0 Å². The van der Waals surface area contributed by atoms with Crippen molar-refractivity contribution in [1.29, 1.82) is 0 Å². The van der Waals surface area contributed by atoms with Gasteiger partial charge in [0.15, 0.2) is 0 Å². The highest BCUT2D eigenvalue weighted by Crippen LogP contribution is 2.61. The molecule has 1 N–H and O–H groups in total. The summed E-state index contributed by atoms with van der Waals surface area (Å²) >= 11 is 0. The van der Waals surface area contributed by atoms with Gasteiger partial charge in [-0.3, -0.25) is 4.79 Å². The number of hydrogen-bond acceptors (Lipinski definition) is 3. The number of carbonyl (C=O) groups excluding carboxylic acids is 1. The zero-order valence-electron chi connectivity index (χ0n) is 15.3. The van der Waals surface area contributed by atoms with Gasteiger partial charge < -0.3 is 9.84 Å². The molecule has 0 aromatic heterocycles. The highest BCUT2D eigenvalue weighted by atomic mass is 19.4. The average molecular weight is 498 g/mol. The van der Waals surface area contributed by atoms with Gasteiger partial charge in [-0.2, -0.15) is 57.1 Å². The standard InChI is InChI=1S/C16H11F13O3/c1-7(30)32-10-5-3-2-4-8(10)9(31)6-11(17,18)12(19,20)13(21,22)14(23,24)15(25,26)16(27,28)29/h2-5,9,31H,6H2,1H3. The Labute approximate surface area is 169 Å². The fraction of sp³-hybridized carbons (Fsp3) is 0.562. The zero-order chi connectivity index (χ0) is 25.6. The van der Waals surface area contributed by atoms with Crippen LogP contribution in [0.4, 0.5) is 57.1 Å². The Hall–Kier alpha value is -2.26. The fourth-order valence-corrected chi connectivity index (χ4v) is 2.29. The van der Waals surface area contributed by atoms with Crippen LogP contribution in [0.1, 0.15) is 25.0 Å². The van der Waals surface area contributed by atoms with Gasteiger partial charge >= 0.3 is 41.8 Å².